The highest BCUT2D eigenvalue weighted by Gasteiger charge is 2.13. The smallest absolute Gasteiger partial charge is 0.146 e. The first-order valence-electron chi connectivity index (χ1n) is 6.14. The van der Waals surface area contributed by atoms with E-state index >= 15 is 0 Å². The Morgan fingerprint density at radius 1 is 1.28 bits per heavy atom. The molecule has 1 aromatic heterocycles. The van der Waals surface area contributed by atoms with E-state index in [0.29, 0.717) is 5.82 Å². The van der Waals surface area contributed by atoms with E-state index < -0.39 is 0 Å². The lowest BCUT2D eigenvalue weighted by molar-refractivity contribution is 0.0495. The van der Waals surface area contributed by atoms with Gasteiger partial charge in [-0.3, -0.25) is 0 Å². The molecule has 0 aliphatic carbocycles. The van der Waals surface area contributed by atoms with Gasteiger partial charge in [-0.15, -0.1) is 0 Å². The largest absolute Gasteiger partial charge is 0.379 e. The van der Waals surface area contributed by atoms with Crippen molar-refractivity contribution in [3.63, 3.8) is 0 Å². The predicted molar refractivity (Wildman–Crippen MR) is 69.9 cm³/mol. The van der Waals surface area contributed by atoms with Gasteiger partial charge in [-0.05, 0) is 0 Å². The number of anilines is 2. The van der Waals surface area contributed by atoms with E-state index in [4.69, 9.17) is 10.6 Å². The second kappa shape index (κ2) is 5.94. The van der Waals surface area contributed by atoms with Gasteiger partial charge < -0.3 is 15.6 Å². The number of morpholine rings is 1. The van der Waals surface area contributed by atoms with E-state index in [9.17, 15) is 0 Å². The summed E-state index contributed by atoms with van der Waals surface area (Å²) in [6.45, 7) is 7.25. The Hall–Kier alpha value is -1.44. The van der Waals surface area contributed by atoms with Gasteiger partial charge in [0.15, 0.2) is 0 Å². The fourth-order valence-corrected chi connectivity index (χ4v) is 1.69. The Morgan fingerprint density at radius 3 is 2.56 bits per heavy atom. The van der Waals surface area contributed by atoms with Gasteiger partial charge in [-0.25, -0.2) is 20.8 Å². The van der Waals surface area contributed by atoms with Gasteiger partial charge in [0.25, 0.3) is 0 Å². The summed E-state index contributed by atoms with van der Waals surface area (Å²) < 4.78 is 5.30. The summed E-state index contributed by atoms with van der Waals surface area (Å²) in [6, 6.07) is 1.79. The van der Waals surface area contributed by atoms with Crippen LogP contribution in [0.25, 0.3) is 0 Å². The maximum atomic E-state index is 5.42. The molecular weight excluding hydrogens is 232 g/mol. The van der Waals surface area contributed by atoms with Crippen LogP contribution in [0.4, 0.5) is 11.6 Å². The number of nitrogens with zero attached hydrogens (tertiary/aromatic N) is 3. The minimum atomic E-state index is 0.253. The van der Waals surface area contributed by atoms with Crippen LogP contribution in [0.15, 0.2) is 6.07 Å². The highest BCUT2D eigenvalue weighted by Crippen LogP contribution is 2.17. The number of aromatic nitrogens is 2. The second-order valence-electron chi connectivity index (χ2n) is 4.51. The van der Waals surface area contributed by atoms with E-state index in [2.05, 4.69) is 25.8 Å². The molecule has 2 rings (SSSR count). The van der Waals surface area contributed by atoms with Crippen molar-refractivity contribution < 1.29 is 4.74 Å². The van der Waals surface area contributed by atoms with Gasteiger partial charge in [0.05, 0.1) is 13.2 Å². The molecule has 100 valence electrons. The number of nitrogens with one attached hydrogen (secondary N) is 2. The SMILES string of the molecule is CC(C)c1nc(NN)cc(NN2CCOCC2)n1. The first-order chi connectivity index (χ1) is 8.69. The first kappa shape index (κ1) is 13.0. The Kier molecular flexibility index (Phi) is 4.29. The average Bonchev–Trinajstić information content (AvgIpc) is 2.39. The number of ether oxygens (including phenoxy) is 1. The summed E-state index contributed by atoms with van der Waals surface area (Å²) in [6.07, 6.45) is 0. The maximum Gasteiger partial charge on any atom is 0.146 e. The standard InChI is InChI=1S/C11H20N6O/c1-8(2)11-13-9(15-12)7-10(14-11)16-17-3-5-18-6-4-17/h7-8H,3-6,12H2,1-2H3,(H2,13,14,15,16). The second-order valence-corrected chi connectivity index (χ2v) is 4.51. The van der Waals surface area contributed by atoms with Crippen LogP contribution >= 0.6 is 0 Å². The summed E-state index contributed by atoms with van der Waals surface area (Å²) in [5.74, 6) is 7.81. The summed E-state index contributed by atoms with van der Waals surface area (Å²) in [4.78, 5) is 8.79. The molecule has 1 aliphatic rings. The Morgan fingerprint density at radius 2 is 1.94 bits per heavy atom. The highest BCUT2D eigenvalue weighted by molar-refractivity contribution is 5.46. The van der Waals surface area contributed by atoms with Gasteiger partial charge in [0.1, 0.15) is 17.5 Å². The quantitative estimate of drug-likeness (QED) is 0.532. The monoisotopic (exact) mass is 252 g/mol. The minimum absolute atomic E-state index is 0.253. The van der Waals surface area contributed by atoms with Crippen molar-refractivity contribution in [2.75, 3.05) is 37.2 Å². The number of rotatable bonds is 4. The zero-order valence-electron chi connectivity index (χ0n) is 10.8. The molecule has 7 nitrogen and oxygen atoms in total. The fourth-order valence-electron chi connectivity index (χ4n) is 1.69. The third-order valence-corrected chi connectivity index (χ3v) is 2.69. The molecule has 0 aromatic carbocycles. The normalized spacial score (nSPS) is 16.9. The predicted octanol–water partition coefficient (Wildman–Crippen LogP) is 0.545. The molecule has 1 saturated heterocycles. The van der Waals surface area contributed by atoms with Crippen LogP contribution in [0, 0.1) is 0 Å². The van der Waals surface area contributed by atoms with Crippen molar-refractivity contribution in [3.05, 3.63) is 11.9 Å². The molecule has 0 unspecified atom stereocenters. The lowest BCUT2D eigenvalue weighted by Crippen LogP contribution is -2.40. The van der Waals surface area contributed by atoms with Crippen molar-refractivity contribution >= 4 is 11.6 Å². The third kappa shape index (κ3) is 3.28. The zero-order valence-corrected chi connectivity index (χ0v) is 10.8. The first-order valence-corrected chi connectivity index (χ1v) is 6.14. The molecule has 0 amide bonds. The molecule has 0 spiro atoms. The number of nitrogen functional groups attached to an aromatic ring is 1. The van der Waals surface area contributed by atoms with Crippen LogP contribution < -0.4 is 16.7 Å². The molecule has 0 radical (unpaired) electrons. The van der Waals surface area contributed by atoms with E-state index in [1.54, 1.807) is 6.07 Å². The Labute approximate surface area is 107 Å². The van der Waals surface area contributed by atoms with Gasteiger partial charge >= 0.3 is 0 Å². The van der Waals surface area contributed by atoms with Gasteiger partial charge in [0, 0.05) is 25.1 Å². The van der Waals surface area contributed by atoms with Gasteiger partial charge in [0.2, 0.25) is 0 Å². The third-order valence-electron chi connectivity index (χ3n) is 2.69. The van der Waals surface area contributed by atoms with Crippen molar-refractivity contribution in [2.45, 2.75) is 19.8 Å². The van der Waals surface area contributed by atoms with Crippen LogP contribution in [0.1, 0.15) is 25.6 Å². The molecule has 0 bridgehead atoms. The van der Waals surface area contributed by atoms with Gasteiger partial charge in [-0.1, -0.05) is 13.8 Å². The Bertz CT molecular complexity index is 391. The van der Waals surface area contributed by atoms with Gasteiger partial charge in [-0.2, -0.15) is 0 Å². The zero-order chi connectivity index (χ0) is 13.0. The number of hydrazine groups is 2. The average molecular weight is 252 g/mol. The molecule has 1 fully saturated rings. The lowest BCUT2D eigenvalue weighted by Gasteiger charge is -2.27. The minimum Gasteiger partial charge on any atom is -0.379 e. The van der Waals surface area contributed by atoms with Crippen molar-refractivity contribution in [1.82, 2.24) is 15.0 Å². The molecular formula is C11H20N6O. The lowest BCUT2D eigenvalue weighted by atomic mass is 10.2. The highest BCUT2D eigenvalue weighted by atomic mass is 16.5. The Balaban J connectivity index is 2.12. The van der Waals surface area contributed by atoms with Crippen LogP contribution in [0.2, 0.25) is 0 Å². The molecule has 18 heavy (non-hydrogen) atoms. The molecule has 1 aromatic rings. The molecule has 4 N–H and O–H groups in total. The summed E-state index contributed by atoms with van der Waals surface area (Å²) >= 11 is 0. The fraction of sp³-hybridized carbons (Fsp3) is 0.636. The number of nitrogens with two attached hydrogens (primary N) is 1. The molecule has 1 aliphatic heterocycles. The van der Waals surface area contributed by atoms with E-state index in [-0.39, 0.29) is 5.92 Å². The topological polar surface area (TPSA) is 88.3 Å². The molecule has 2 heterocycles. The van der Waals surface area contributed by atoms with E-state index in [1.165, 1.54) is 0 Å². The van der Waals surface area contributed by atoms with Crippen molar-refractivity contribution in [3.8, 4) is 0 Å². The van der Waals surface area contributed by atoms with E-state index in [0.717, 1.165) is 37.9 Å². The van der Waals surface area contributed by atoms with Crippen LogP contribution in [0.3, 0.4) is 0 Å². The number of hydrogen-bond acceptors (Lipinski definition) is 7. The van der Waals surface area contributed by atoms with Crippen LogP contribution in [-0.2, 0) is 4.74 Å². The van der Waals surface area contributed by atoms with Crippen LogP contribution in [-0.4, -0.2) is 41.3 Å². The van der Waals surface area contributed by atoms with Crippen molar-refractivity contribution in [2.24, 2.45) is 5.84 Å². The van der Waals surface area contributed by atoms with E-state index in [1.807, 2.05) is 13.8 Å². The van der Waals surface area contributed by atoms with Crippen molar-refractivity contribution in [1.29, 1.82) is 0 Å². The molecule has 0 atom stereocenters. The number of hydrogen-bond donors (Lipinski definition) is 3. The summed E-state index contributed by atoms with van der Waals surface area (Å²) in [5.41, 5.74) is 5.82. The molecule has 7 heteroatoms. The molecule has 0 saturated carbocycles. The maximum absolute atomic E-state index is 5.42. The summed E-state index contributed by atoms with van der Waals surface area (Å²) in [5, 5.41) is 2.08. The summed E-state index contributed by atoms with van der Waals surface area (Å²) in [7, 11) is 0. The van der Waals surface area contributed by atoms with Crippen LogP contribution in [0.5, 0.6) is 0 Å².